The highest BCUT2D eigenvalue weighted by Crippen LogP contribution is 2.27. The zero-order chi connectivity index (χ0) is 15.5. The van der Waals surface area contributed by atoms with E-state index in [1.807, 2.05) is 45.0 Å². The second-order valence-electron chi connectivity index (χ2n) is 5.57. The molecular weight excluding hydrogens is 266 g/mol. The third-order valence-electron chi connectivity index (χ3n) is 3.18. The summed E-state index contributed by atoms with van der Waals surface area (Å²) in [6.07, 6.45) is 2.98. The standard InChI is InChI=1S/C16H19N3O2/c1-11-6-4-5-7-13(11)14-12(9-18-10-19-14)8-16(2,3)21-15(17)20/h4-7,9-10H,8H2,1-3H3,(H2,17,20). The van der Waals surface area contributed by atoms with Gasteiger partial charge in [-0.15, -0.1) is 0 Å². The second kappa shape index (κ2) is 5.91. The van der Waals surface area contributed by atoms with Gasteiger partial charge in [-0.05, 0) is 26.3 Å². The molecule has 1 aromatic carbocycles. The number of carbonyl (C=O) groups excluding carboxylic acids is 1. The molecule has 0 saturated heterocycles. The molecule has 1 heterocycles. The molecule has 2 aromatic rings. The lowest BCUT2D eigenvalue weighted by atomic mass is 9.94. The number of nitrogens with two attached hydrogens (primary N) is 1. The van der Waals surface area contributed by atoms with E-state index in [-0.39, 0.29) is 0 Å². The number of hydrogen-bond donors (Lipinski definition) is 1. The number of aromatic nitrogens is 2. The highest BCUT2D eigenvalue weighted by Gasteiger charge is 2.24. The first-order chi connectivity index (χ1) is 9.89. The molecule has 0 atom stereocenters. The summed E-state index contributed by atoms with van der Waals surface area (Å²) >= 11 is 0. The number of benzene rings is 1. The number of amides is 1. The molecule has 2 rings (SSSR count). The van der Waals surface area contributed by atoms with E-state index in [1.54, 1.807) is 6.20 Å². The molecule has 0 spiro atoms. The van der Waals surface area contributed by atoms with E-state index in [0.717, 1.165) is 22.4 Å². The minimum Gasteiger partial charge on any atom is -0.443 e. The number of nitrogens with zero attached hydrogens (tertiary/aromatic N) is 2. The van der Waals surface area contributed by atoms with Gasteiger partial charge in [-0.3, -0.25) is 0 Å². The van der Waals surface area contributed by atoms with E-state index in [9.17, 15) is 4.79 Å². The minimum atomic E-state index is -0.783. The molecule has 0 aliphatic rings. The lowest BCUT2D eigenvalue weighted by Gasteiger charge is -2.24. The summed E-state index contributed by atoms with van der Waals surface area (Å²) in [5.74, 6) is 0. The van der Waals surface area contributed by atoms with E-state index in [0.29, 0.717) is 6.42 Å². The summed E-state index contributed by atoms with van der Waals surface area (Å²) in [4.78, 5) is 19.5. The van der Waals surface area contributed by atoms with Crippen molar-refractivity contribution in [2.24, 2.45) is 5.73 Å². The molecule has 0 radical (unpaired) electrons. The number of rotatable bonds is 4. The van der Waals surface area contributed by atoms with Gasteiger partial charge in [0.1, 0.15) is 11.9 Å². The SMILES string of the molecule is Cc1ccccc1-c1ncncc1CC(C)(C)OC(N)=O. The zero-order valence-corrected chi connectivity index (χ0v) is 12.5. The number of carbonyl (C=O) groups is 1. The summed E-state index contributed by atoms with van der Waals surface area (Å²) in [5, 5.41) is 0. The molecule has 0 fully saturated rings. The van der Waals surface area contributed by atoms with Gasteiger partial charge in [0.25, 0.3) is 0 Å². The summed E-state index contributed by atoms with van der Waals surface area (Å²) in [5.41, 5.74) is 8.34. The fourth-order valence-corrected chi connectivity index (χ4v) is 2.34. The molecule has 5 nitrogen and oxygen atoms in total. The van der Waals surface area contributed by atoms with Crippen LogP contribution in [0.2, 0.25) is 0 Å². The summed E-state index contributed by atoms with van der Waals surface area (Å²) in [7, 11) is 0. The van der Waals surface area contributed by atoms with Gasteiger partial charge in [0.2, 0.25) is 0 Å². The van der Waals surface area contributed by atoms with E-state index < -0.39 is 11.7 Å². The van der Waals surface area contributed by atoms with Crippen molar-refractivity contribution in [2.75, 3.05) is 0 Å². The Kier molecular flexibility index (Phi) is 4.21. The maximum absolute atomic E-state index is 11.0. The average Bonchev–Trinajstić information content (AvgIpc) is 2.38. The molecule has 2 N–H and O–H groups in total. The topological polar surface area (TPSA) is 78.1 Å². The molecule has 0 bridgehead atoms. The van der Waals surface area contributed by atoms with E-state index in [2.05, 4.69) is 9.97 Å². The highest BCUT2D eigenvalue weighted by molar-refractivity contribution is 5.67. The highest BCUT2D eigenvalue weighted by atomic mass is 16.6. The van der Waals surface area contributed by atoms with Gasteiger partial charge in [-0.1, -0.05) is 24.3 Å². The van der Waals surface area contributed by atoms with Crippen LogP contribution in [0.3, 0.4) is 0 Å². The smallest absolute Gasteiger partial charge is 0.405 e. The van der Waals surface area contributed by atoms with Crippen LogP contribution in [0.15, 0.2) is 36.8 Å². The molecule has 0 aliphatic carbocycles. The Morgan fingerprint density at radius 2 is 2.05 bits per heavy atom. The molecule has 0 unspecified atom stereocenters. The first-order valence-corrected chi connectivity index (χ1v) is 6.72. The molecule has 21 heavy (non-hydrogen) atoms. The van der Waals surface area contributed by atoms with Crippen LogP contribution in [0.4, 0.5) is 4.79 Å². The van der Waals surface area contributed by atoms with Crippen LogP contribution < -0.4 is 5.73 Å². The van der Waals surface area contributed by atoms with E-state index in [4.69, 9.17) is 10.5 Å². The number of primary amides is 1. The number of aryl methyl sites for hydroxylation is 1. The largest absolute Gasteiger partial charge is 0.443 e. The summed E-state index contributed by atoms with van der Waals surface area (Å²) < 4.78 is 5.15. The van der Waals surface area contributed by atoms with Crippen molar-refractivity contribution >= 4 is 6.09 Å². The van der Waals surface area contributed by atoms with Crippen LogP contribution >= 0.6 is 0 Å². The Morgan fingerprint density at radius 3 is 2.71 bits per heavy atom. The van der Waals surface area contributed by atoms with Crippen molar-refractivity contribution in [1.29, 1.82) is 0 Å². The predicted octanol–water partition coefficient (Wildman–Crippen LogP) is 2.87. The van der Waals surface area contributed by atoms with E-state index in [1.165, 1.54) is 6.33 Å². The van der Waals surface area contributed by atoms with Crippen molar-refractivity contribution in [1.82, 2.24) is 9.97 Å². The van der Waals surface area contributed by atoms with Gasteiger partial charge in [0.15, 0.2) is 0 Å². The van der Waals surface area contributed by atoms with Crippen LogP contribution in [-0.4, -0.2) is 21.7 Å². The first-order valence-electron chi connectivity index (χ1n) is 6.72. The van der Waals surface area contributed by atoms with Crippen LogP contribution in [0.25, 0.3) is 11.3 Å². The Balaban J connectivity index is 2.38. The van der Waals surface area contributed by atoms with E-state index >= 15 is 0 Å². The lowest BCUT2D eigenvalue weighted by Crippen LogP contribution is -2.33. The third-order valence-corrected chi connectivity index (χ3v) is 3.18. The predicted molar refractivity (Wildman–Crippen MR) is 80.7 cm³/mol. The van der Waals surface area contributed by atoms with Gasteiger partial charge >= 0.3 is 6.09 Å². The molecule has 1 aromatic heterocycles. The number of ether oxygens (including phenoxy) is 1. The molecular formula is C16H19N3O2. The molecule has 0 saturated carbocycles. The van der Waals surface area contributed by atoms with Crippen molar-refractivity contribution in [3.8, 4) is 11.3 Å². The molecule has 1 amide bonds. The molecule has 0 aliphatic heterocycles. The maximum Gasteiger partial charge on any atom is 0.405 e. The van der Waals surface area contributed by atoms with Crippen LogP contribution in [-0.2, 0) is 11.2 Å². The zero-order valence-electron chi connectivity index (χ0n) is 12.5. The van der Waals surface area contributed by atoms with Gasteiger partial charge in [0.05, 0.1) is 5.69 Å². The Morgan fingerprint density at radius 1 is 1.33 bits per heavy atom. The second-order valence-corrected chi connectivity index (χ2v) is 5.57. The van der Waals surface area contributed by atoms with Gasteiger partial charge in [-0.25, -0.2) is 14.8 Å². The van der Waals surface area contributed by atoms with Crippen LogP contribution in [0, 0.1) is 6.92 Å². The van der Waals surface area contributed by atoms with Gasteiger partial charge in [0, 0.05) is 23.7 Å². The van der Waals surface area contributed by atoms with Crippen molar-refractivity contribution in [3.05, 3.63) is 47.9 Å². The Bertz CT molecular complexity index is 653. The van der Waals surface area contributed by atoms with Gasteiger partial charge < -0.3 is 10.5 Å². The monoisotopic (exact) mass is 285 g/mol. The Hall–Kier alpha value is -2.43. The van der Waals surface area contributed by atoms with Crippen molar-refractivity contribution in [3.63, 3.8) is 0 Å². The number of hydrogen-bond acceptors (Lipinski definition) is 4. The summed E-state index contributed by atoms with van der Waals surface area (Å²) in [6, 6.07) is 8.01. The summed E-state index contributed by atoms with van der Waals surface area (Å²) in [6.45, 7) is 5.66. The Labute approximate surface area is 124 Å². The average molecular weight is 285 g/mol. The third kappa shape index (κ3) is 3.78. The normalized spacial score (nSPS) is 11.2. The minimum absolute atomic E-state index is 0.487. The fraction of sp³-hybridized carbons (Fsp3) is 0.312. The fourth-order valence-electron chi connectivity index (χ4n) is 2.34. The van der Waals surface area contributed by atoms with Crippen LogP contribution in [0.5, 0.6) is 0 Å². The lowest BCUT2D eigenvalue weighted by molar-refractivity contribution is 0.0460. The first kappa shape index (κ1) is 15.0. The molecule has 110 valence electrons. The van der Waals surface area contributed by atoms with Crippen molar-refractivity contribution < 1.29 is 9.53 Å². The molecule has 5 heteroatoms. The van der Waals surface area contributed by atoms with Gasteiger partial charge in [-0.2, -0.15) is 0 Å². The van der Waals surface area contributed by atoms with Crippen LogP contribution in [0.1, 0.15) is 25.0 Å². The quantitative estimate of drug-likeness (QED) is 0.936. The van der Waals surface area contributed by atoms with Crippen molar-refractivity contribution in [2.45, 2.75) is 32.8 Å². The maximum atomic E-state index is 11.0.